The number of benzene rings is 1. The molecular formula is C17H26IN5O. The van der Waals surface area contributed by atoms with Crippen molar-refractivity contribution in [2.75, 3.05) is 12.4 Å². The number of nitrogens with zero attached hydrogens (tertiary/aromatic N) is 3. The van der Waals surface area contributed by atoms with Crippen LogP contribution in [0.3, 0.4) is 0 Å². The number of aromatic nitrogens is 2. The summed E-state index contributed by atoms with van der Waals surface area (Å²) in [6.07, 6.45) is 0.826. The van der Waals surface area contributed by atoms with Gasteiger partial charge >= 0.3 is 0 Å². The van der Waals surface area contributed by atoms with Crippen LogP contribution in [0.1, 0.15) is 29.3 Å². The first-order chi connectivity index (χ1) is 10.9. The first kappa shape index (κ1) is 20.3. The topological polar surface area (TPSA) is 77.5 Å². The summed E-state index contributed by atoms with van der Waals surface area (Å²) in [5, 5.41) is 7.58. The molecule has 0 aliphatic carbocycles. The molecule has 1 aromatic heterocycles. The van der Waals surface area contributed by atoms with Gasteiger partial charge in [-0.2, -0.15) is 5.10 Å². The Morgan fingerprint density at radius 1 is 1.29 bits per heavy atom. The minimum atomic E-state index is 0. The molecule has 0 fully saturated rings. The lowest BCUT2D eigenvalue weighted by Crippen LogP contribution is -2.22. The zero-order chi connectivity index (χ0) is 17.0. The molecule has 0 unspecified atom stereocenters. The number of hydrogen-bond donors (Lipinski definition) is 2. The number of halogens is 1. The van der Waals surface area contributed by atoms with Crippen molar-refractivity contribution in [1.29, 1.82) is 0 Å². The molecule has 3 N–H and O–H groups in total. The van der Waals surface area contributed by atoms with Gasteiger partial charge in [0.2, 0.25) is 5.88 Å². The number of hydrogen-bond acceptors (Lipinski definition) is 3. The number of nitrogens with one attached hydrogen (secondary N) is 1. The van der Waals surface area contributed by atoms with Crippen LogP contribution in [0.2, 0.25) is 0 Å². The molecule has 2 rings (SSSR count). The molecule has 0 atom stereocenters. The summed E-state index contributed by atoms with van der Waals surface area (Å²) in [6.45, 7) is 6.61. The summed E-state index contributed by atoms with van der Waals surface area (Å²) >= 11 is 0. The maximum absolute atomic E-state index is 6.01. The standard InChI is InChI=1S/C17H25N5O.HI/c1-6-15-14(16(23-5)22(4)21-15)10-19-17(18)20-13-8-11(2)7-12(3)9-13;/h7-9H,6,10H2,1-5H3,(H3,18,19,20);1H. The molecule has 6 nitrogen and oxygen atoms in total. The zero-order valence-electron chi connectivity index (χ0n) is 14.9. The van der Waals surface area contributed by atoms with E-state index in [0.29, 0.717) is 12.5 Å². The number of guanidine groups is 1. The third kappa shape index (κ3) is 4.86. The Labute approximate surface area is 160 Å². The van der Waals surface area contributed by atoms with E-state index in [1.54, 1.807) is 11.8 Å². The molecule has 0 bridgehead atoms. The van der Waals surface area contributed by atoms with Crippen molar-refractivity contribution in [2.45, 2.75) is 33.7 Å². The highest BCUT2D eigenvalue weighted by Gasteiger charge is 2.15. The van der Waals surface area contributed by atoms with Gasteiger partial charge in [0.15, 0.2) is 5.96 Å². The van der Waals surface area contributed by atoms with Gasteiger partial charge in [-0.05, 0) is 43.5 Å². The molecule has 7 heteroatoms. The minimum Gasteiger partial charge on any atom is -0.481 e. The first-order valence-electron chi connectivity index (χ1n) is 7.68. The highest BCUT2D eigenvalue weighted by atomic mass is 127. The summed E-state index contributed by atoms with van der Waals surface area (Å²) < 4.78 is 7.14. The smallest absolute Gasteiger partial charge is 0.216 e. The van der Waals surface area contributed by atoms with Crippen molar-refractivity contribution >= 4 is 35.6 Å². The highest BCUT2D eigenvalue weighted by Crippen LogP contribution is 2.23. The summed E-state index contributed by atoms with van der Waals surface area (Å²) in [4.78, 5) is 4.43. The summed E-state index contributed by atoms with van der Waals surface area (Å²) in [5.41, 5.74) is 11.3. The summed E-state index contributed by atoms with van der Waals surface area (Å²) in [6, 6.07) is 6.20. The molecule has 132 valence electrons. The van der Waals surface area contributed by atoms with E-state index in [9.17, 15) is 0 Å². The fourth-order valence-electron chi connectivity index (χ4n) is 2.70. The second-order valence-corrected chi connectivity index (χ2v) is 5.61. The first-order valence-corrected chi connectivity index (χ1v) is 7.68. The average Bonchev–Trinajstić information content (AvgIpc) is 2.79. The molecule has 1 aromatic carbocycles. The predicted octanol–water partition coefficient (Wildman–Crippen LogP) is 3.15. The van der Waals surface area contributed by atoms with E-state index in [0.717, 1.165) is 29.2 Å². The lowest BCUT2D eigenvalue weighted by molar-refractivity contribution is 0.369. The van der Waals surface area contributed by atoms with Gasteiger partial charge in [-0.15, -0.1) is 24.0 Å². The third-order valence-corrected chi connectivity index (χ3v) is 3.60. The largest absolute Gasteiger partial charge is 0.481 e. The van der Waals surface area contributed by atoms with E-state index < -0.39 is 0 Å². The van der Waals surface area contributed by atoms with Crippen LogP contribution in [0.4, 0.5) is 5.69 Å². The molecule has 0 radical (unpaired) electrons. The van der Waals surface area contributed by atoms with Crippen molar-refractivity contribution in [2.24, 2.45) is 17.8 Å². The maximum atomic E-state index is 6.01. The maximum Gasteiger partial charge on any atom is 0.216 e. The normalized spacial score (nSPS) is 11.1. The van der Waals surface area contributed by atoms with Gasteiger partial charge in [0.1, 0.15) is 0 Å². The molecule has 1 heterocycles. The monoisotopic (exact) mass is 443 g/mol. The molecule has 2 aromatic rings. The Hall–Kier alpha value is -1.77. The molecular weight excluding hydrogens is 417 g/mol. The number of aryl methyl sites for hydroxylation is 4. The van der Waals surface area contributed by atoms with Gasteiger partial charge in [0.05, 0.1) is 24.9 Å². The van der Waals surface area contributed by atoms with Crippen LogP contribution >= 0.6 is 24.0 Å². The minimum absolute atomic E-state index is 0. The van der Waals surface area contributed by atoms with E-state index in [-0.39, 0.29) is 24.0 Å². The van der Waals surface area contributed by atoms with E-state index in [4.69, 9.17) is 10.5 Å². The second-order valence-electron chi connectivity index (χ2n) is 5.61. The predicted molar refractivity (Wildman–Crippen MR) is 109 cm³/mol. The molecule has 0 saturated carbocycles. The van der Waals surface area contributed by atoms with Crippen LogP contribution < -0.4 is 15.8 Å². The van der Waals surface area contributed by atoms with Crippen LogP contribution in [0, 0.1) is 13.8 Å². The Morgan fingerprint density at radius 3 is 2.46 bits per heavy atom. The van der Waals surface area contributed by atoms with Crippen molar-refractivity contribution in [1.82, 2.24) is 9.78 Å². The number of rotatable bonds is 5. The van der Waals surface area contributed by atoms with E-state index in [1.807, 2.05) is 19.2 Å². The van der Waals surface area contributed by atoms with Crippen LogP contribution in [-0.2, 0) is 20.0 Å². The fourth-order valence-corrected chi connectivity index (χ4v) is 2.70. The van der Waals surface area contributed by atoms with E-state index in [2.05, 4.69) is 42.2 Å². The summed E-state index contributed by atoms with van der Waals surface area (Å²) in [5.74, 6) is 1.10. The van der Waals surface area contributed by atoms with Gasteiger partial charge < -0.3 is 15.8 Å². The van der Waals surface area contributed by atoms with Gasteiger partial charge in [-0.1, -0.05) is 13.0 Å². The number of methoxy groups -OCH3 is 1. The second kappa shape index (κ2) is 8.91. The quantitative estimate of drug-likeness (QED) is 0.423. The van der Waals surface area contributed by atoms with E-state index >= 15 is 0 Å². The SMILES string of the molecule is CCc1nn(C)c(OC)c1CN=C(N)Nc1cc(C)cc(C)c1.I. The van der Waals surface area contributed by atoms with Gasteiger partial charge in [-0.3, -0.25) is 0 Å². The Kier molecular flexibility index (Phi) is 7.53. The molecule has 0 amide bonds. The number of aliphatic imine (C=N–C) groups is 1. The van der Waals surface area contributed by atoms with E-state index in [1.165, 1.54) is 11.1 Å². The third-order valence-electron chi connectivity index (χ3n) is 3.60. The van der Waals surface area contributed by atoms with Crippen molar-refractivity contribution in [3.8, 4) is 5.88 Å². The van der Waals surface area contributed by atoms with Gasteiger partial charge in [0, 0.05) is 12.7 Å². The van der Waals surface area contributed by atoms with Crippen molar-refractivity contribution < 1.29 is 4.74 Å². The zero-order valence-corrected chi connectivity index (χ0v) is 17.2. The lowest BCUT2D eigenvalue weighted by Gasteiger charge is -2.08. The molecule has 0 aliphatic rings. The van der Waals surface area contributed by atoms with Crippen LogP contribution in [0.25, 0.3) is 0 Å². The molecule has 24 heavy (non-hydrogen) atoms. The Morgan fingerprint density at radius 2 is 1.92 bits per heavy atom. The van der Waals surface area contributed by atoms with Gasteiger partial charge in [-0.25, -0.2) is 9.67 Å². The highest BCUT2D eigenvalue weighted by molar-refractivity contribution is 14.0. The number of anilines is 1. The number of nitrogens with two attached hydrogens (primary N) is 1. The van der Waals surface area contributed by atoms with Crippen molar-refractivity contribution in [3.05, 3.63) is 40.6 Å². The molecule has 0 saturated heterocycles. The van der Waals surface area contributed by atoms with Gasteiger partial charge in [0.25, 0.3) is 0 Å². The Bertz CT molecular complexity index is 704. The molecule has 0 spiro atoms. The summed E-state index contributed by atoms with van der Waals surface area (Å²) in [7, 11) is 3.50. The van der Waals surface area contributed by atoms with Crippen molar-refractivity contribution in [3.63, 3.8) is 0 Å². The fraction of sp³-hybridized carbons (Fsp3) is 0.412. The average molecular weight is 443 g/mol. The van der Waals surface area contributed by atoms with Crippen LogP contribution in [0.15, 0.2) is 23.2 Å². The van der Waals surface area contributed by atoms with Crippen LogP contribution in [-0.4, -0.2) is 22.8 Å². The van der Waals surface area contributed by atoms with Crippen LogP contribution in [0.5, 0.6) is 5.88 Å². The lowest BCUT2D eigenvalue weighted by atomic mass is 10.1. The Balaban J connectivity index is 0.00000288. The molecule has 0 aliphatic heterocycles. The number of ether oxygens (including phenoxy) is 1.